The monoisotopic (exact) mass is 476 g/mol. The summed E-state index contributed by atoms with van der Waals surface area (Å²) in [5.74, 6) is 0.764. The molecule has 0 saturated carbocycles. The summed E-state index contributed by atoms with van der Waals surface area (Å²) in [7, 11) is 4.71. The van der Waals surface area contributed by atoms with Crippen LogP contribution in [-0.2, 0) is 16.0 Å². The first-order chi connectivity index (χ1) is 17.0. The molecule has 0 atom stereocenters. The lowest BCUT2D eigenvalue weighted by atomic mass is 10.0. The van der Waals surface area contributed by atoms with Crippen molar-refractivity contribution in [2.24, 2.45) is 0 Å². The zero-order valence-corrected chi connectivity index (χ0v) is 20.3. The maximum atomic E-state index is 13.1. The van der Waals surface area contributed by atoms with Crippen molar-refractivity contribution in [3.63, 3.8) is 0 Å². The summed E-state index contributed by atoms with van der Waals surface area (Å²) in [5, 5.41) is 3.35. The number of likely N-dealkylation sites (N-methyl/N-ethyl adjacent to an activating group) is 1. The molecular weight excluding hydrogens is 448 g/mol. The number of nitrogens with zero attached hydrogens (tertiary/aromatic N) is 1. The van der Waals surface area contributed by atoms with Crippen LogP contribution in [0.25, 0.3) is 22.6 Å². The third-order valence-electron chi connectivity index (χ3n) is 5.88. The Hall–Kier alpha value is -4.07. The minimum Gasteiger partial charge on any atom is -0.493 e. The number of fused-ring (bicyclic) bond motifs is 2. The maximum Gasteiger partial charge on any atom is 0.339 e. The van der Waals surface area contributed by atoms with Crippen LogP contribution in [0.2, 0.25) is 0 Å². The van der Waals surface area contributed by atoms with Gasteiger partial charge in [-0.25, -0.2) is 9.78 Å². The molecule has 2 aromatic carbocycles. The molecule has 182 valence electrons. The number of ether oxygens (including phenoxy) is 4. The molecule has 0 bridgehead atoms. The second-order valence-electron chi connectivity index (χ2n) is 7.99. The van der Waals surface area contributed by atoms with E-state index >= 15 is 0 Å². The van der Waals surface area contributed by atoms with Crippen LogP contribution in [0, 0.1) is 0 Å². The molecule has 0 fully saturated rings. The van der Waals surface area contributed by atoms with Crippen LogP contribution in [0.4, 0.5) is 0 Å². The first-order valence-corrected chi connectivity index (χ1v) is 11.4. The molecule has 4 rings (SSSR count). The Bertz CT molecular complexity index is 1290. The number of para-hydroxylation sites is 1. The molecule has 0 saturated heterocycles. The minimum atomic E-state index is -0.528. The summed E-state index contributed by atoms with van der Waals surface area (Å²) >= 11 is 0. The van der Waals surface area contributed by atoms with Crippen molar-refractivity contribution in [2.75, 3.05) is 34.5 Å². The highest BCUT2D eigenvalue weighted by molar-refractivity contribution is 6.07. The van der Waals surface area contributed by atoms with Gasteiger partial charge in [0.2, 0.25) is 5.75 Å². The predicted octanol–water partition coefficient (Wildman–Crippen LogP) is 4.04. The number of hydrogen-bond acceptors (Lipinski definition) is 7. The van der Waals surface area contributed by atoms with Gasteiger partial charge >= 0.3 is 5.97 Å². The second kappa shape index (κ2) is 10.5. The fourth-order valence-electron chi connectivity index (χ4n) is 4.35. The van der Waals surface area contributed by atoms with E-state index in [0.717, 1.165) is 22.4 Å². The van der Waals surface area contributed by atoms with Gasteiger partial charge in [-0.2, -0.15) is 0 Å². The maximum absolute atomic E-state index is 13.1. The molecule has 1 heterocycles. The highest BCUT2D eigenvalue weighted by Gasteiger charge is 2.28. The number of hydrogen-bond donors (Lipinski definition) is 1. The third-order valence-corrected chi connectivity index (χ3v) is 5.88. The molecule has 8 heteroatoms. The minimum absolute atomic E-state index is 0.327. The summed E-state index contributed by atoms with van der Waals surface area (Å²) in [4.78, 5) is 29.9. The first-order valence-electron chi connectivity index (χ1n) is 11.4. The summed E-state index contributed by atoms with van der Waals surface area (Å²) in [6.07, 6.45) is 3.35. The van der Waals surface area contributed by atoms with E-state index in [1.165, 1.54) is 0 Å². The van der Waals surface area contributed by atoms with Crippen LogP contribution in [0.15, 0.2) is 36.4 Å². The summed E-state index contributed by atoms with van der Waals surface area (Å²) in [6, 6.07) is 11.2. The molecule has 0 aliphatic heterocycles. The van der Waals surface area contributed by atoms with Crippen LogP contribution in [-0.4, -0.2) is 51.3 Å². The fraction of sp³-hybridized carbons (Fsp3) is 0.296. The lowest BCUT2D eigenvalue weighted by Gasteiger charge is -2.14. The number of allylic oxidation sites excluding steroid dienone is 1. The van der Waals surface area contributed by atoms with Crippen LogP contribution in [0.5, 0.6) is 17.2 Å². The van der Waals surface area contributed by atoms with E-state index in [1.807, 2.05) is 49.4 Å². The number of esters is 1. The number of pyridine rings is 1. The molecule has 3 aromatic rings. The molecule has 8 nitrogen and oxygen atoms in total. The summed E-state index contributed by atoms with van der Waals surface area (Å²) in [5.41, 5.74) is 4.57. The quantitative estimate of drug-likeness (QED) is 0.490. The molecule has 0 unspecified atom stereocenters. The van der Waals surface area contributed by atoms with Gasteiger partial charge in [0, 0.05) is 11.9 Å². The average molecular weight is 477 g/mol. The van der Waals surface area contributed by atoms with Gasteiger partial charge < -0.3 is 24.3 Å². The number of methoxy groups -OCH3 is 3. The molecule has 35 heavy (non-hydrogen) atoms. The molecule has 1 aromatic heterocycles. The van der Waals surface area contributed by atoms with Gasteiger partial charge in [0.05, 0.1) is 38.1 Å². The first kappa shape index (κ1) is 24.1. The van der Waals surface area contributed by atoms with Crippen molar-refractivity contribution < 1.29 is 28.5 Å². The summed E-state index contributed by atoms with van der Waals surface area (Å²) in [6.45, 7) is 1.95. The van der Waals surface area contributed by atoms with Gasteiger partial charge in [0.1, 0.15) is 0 Å². The Morgan fingerprint density at radius 1 is 1.03 bits per heavy atom. The molecule has 0 spiro atoms. The zero-order valence-electron chi connectivity index (χ0n) is 20.3. The second-order valence-corrected chi connectivity index (χ2v) is 7.99. The summed E-state index contributed by atoms with van der Waals surface area (Å²) < 4.78 is 21.8. The smallest absolute Gasteiger partial charge is 0.339 e. The predicted molar refractivity (Wildman–Crippen MR) is 133 cm³/mol. The van der Waals surface area contributed by atoms with Gasteiger partial charge in [-0.05, 0) is 60.7 Å². The molecular formula is C27H28N2O6. The molecule has 1 aliphatic carbocycles. The van der Waals surface area contributed by atoms with Gasteiger partial charge in [-0.1, -0.05) is 18.2 Å². The van der Waals surface area contributed by atoms with E-state index in [9.17, 15) is 9.59 Å². The number of nitrogens with one attached hydrogen (secondary N) is 1. The number of carbonyl (C=O) groups excluding carboxylic acids is 2. The van der Waals surface area contributed by atoms with Crippen molar-refractivity contribution in [1.29, 1.82) is 0 Å². The number of carbonyl (C=O) groups is 2. The highest BCUT2D eigenvalue weighted by atomic mass is 16.5. The van der Waals surface area contributed by atoms with Crippen molar-refractivity contribution >= 4 is 34.4 Å². The zero-order chi connectivity index (χ0) is 24.9. The standard InChI is InChI=1S/C27H28N2O6/c1-5-28-23(30)15-35-27(31)24-18-8-6-7-9-20(18)29-25-17(10-11-19(24)25)12-16-13-21(32-2)26(34-4)22(14-16)33-3/h6-9,12-14H,5,10-11,15H2,1-4H3,(H,28,30)/b17-12+. The van der Waals surface area contributed by atoms with Crippen LogP contribution >= 0.6 is 0 Å². The van der Waals surface area contributed by atoms with Crippen molar-refractivity contribution in [2.45, 2.75) is 19.8 Å². The Morgan fingerprint density at radius 2 is 1.74 bits per heavy atom. The lowest BCUT2D eigenvalue weighted by molar-refractivity contribution is -0.124. The molecule has 1 aliphatic rings. The number of rotatable bonds is 8. The lowest BCUT2D eigenvalue weighted by Crippen LogP contribution is -2.28. The van der Waals surface area contributed by atoms with Gasteiger partial charge in [0.25, 0.3) is 5.91 Å². The Morgan fingerprint density at radius 3 is 2.40 bits per heavy atom. The van der Waals surface area contributed by atoms with Gasteiger partial charge in [-0.15, -0.1) is 0 Å². The SMILES string of the molecule is CCNC(=O)COC(=O)c1c2c(nc3ccccc13)/C(=C/c1cc(OC)c(OC)c(OC)c1)CC2. The topological polar surface area (TPSA) is 96.0 Å². The Kier molecular flexibility index (Phi) is 7.19. The van der Waals surface area contributed by atoms with Crippen LogP contribution < -0.4 is 19.5 Å². The Labute approximate surface area is 203 Å². The van der Waals surface area contributed by atoms with Crippen molar-refractivity contribution in [1.82, 2.24) is 10.3 Å². The van der Waals surface area contributed by atoms with Crippen LogP contribution in [0.3, 0.4) is 0 Å². The number of benzene rings is 2. The fourth-order valence-corrected chi connectivity index (χ4v) is 4.35. The highest BCUT2D eigenvalue weighted by Crippen LogP contribution is 2.41. The number of aromatic nitrogens is 1. The van der Waals surface area contributed by atoms with Crippen LogP contribution in [0.1, 0.15) is 40.5 Å². The van der Waals surface area contributed by atoms with Gasteiger partial charge in [-0.3, -0.25) is 4.79 Å². The third kappa shape index (κ3) is 4.77. The van der Waals surface area contributed by atoms with E-state index in [-0.39, 0.29) is 12.5 Å². The van der Waals surface area contributed by atoms with E-state index in [0.29, 0.717) is 53.1 Å². The molecule has 0 radical (unpaired) electrons. The van der Waals surface area contributed by atoms with E-state index < -0.39 is 5.97 Å². The van der Waals surface area contributed by atoms with E-state index in [4.69, 9.17) is 23.9 Å². The largest absolute Gasteiger partial charge is 0.493 e. The Balaban J connectivity index is 1.78. The molecule has 1 N–H and O–H groups in total. The van der Waals surface area contributed by atoms with Gasteiger partial charge in [0.15, 0.2) is 18.1 Å². The van der Waals surface area contributed by atoms with Crippen molar-refractivity contribution in [3.05, 3.63) is 58.8 Å². The average Bonchev–Trinajstić information content (AvgIpc) is 3.27. The van der Waals surface area contributed by atoms with E-state index in [1.54, 1.807) is 21.3 Å². The normalized spacial score (nSPS) is 13.4. The molecule has 1 amide bonds. The van der Waals surface area contributed by atoms with E-state index in [2.05, 4.69) is 5.32 Å². The number of amides is 1. The van der Waals surface area contributed by atoms with Crippen molar-refractivity contribution in [3.8, 4) is 17.2 Å².